The lowest BCUT2D eigenvalue weighted by Gasteiger charge is -2.38. The van der Waals surface area contributed by atoms with Crippen molar-refractivity contribution in [2.45, 2.75) is 43.2 Å². The lowest BCUT2D eigenvalue weighted by Crippen LogP contribution is -2.41. The standard InChI is InChI=1S/C20H23NO4S/c1-13-3-2-4-18(9-13)26(23,24)21-20(16-11-17(22)12-16)15-5-6-19-14(10-15)7-8-25-19/h2-6,9-10,16-17,20-22H,7-8,11-12H2,1H3/t16?,17?,20-/m0/s1. The third-order valence-corrected chi connectivity index (χ3v) is 6.71. The number of sulfonamides is 1. The van der Waals surface area contributed by atoms with Crippen molar-refractivity contribution in [2.75, 3.05) is 6.61 Å². The van der Waals surface area contributed by atoms with Crippen LogP contribution in [0.1, 0.15) is 35.6 Å². The minimum absolute atomic E-state index is 0.0879. The van der Waals surface area contributed by atoms with Crippen LogP contribution in [0, 0.1) is 12.8 Å². The fourth-order valence-electron chi connectivity index (χ4n) is 3.76. The van der Waals surface area contributed by atoms with E-state index in [1.165, 1.54) is 0 Å². The number of aliphatic hydroxyl groups is 1. The van der Waals surface area contributed by atoms with Gasteiger partial charge in [-0.2, -0.15) is 0 Å². The van der Waals surface area contributed by atoms with Crippen molar-refractivity contribution in [2.24, 2.45) is 5.92 Å². The molecule has 0 radical (unpaired) electrons. The molecular weight excluding hydrogens is 350 g/mol. The van der Waals surface area contributed by atoms with Gasteiger partial charge in [-0.25, -0.2) is 13.1 Å². The summed E-state index contributed by atoms with van der Waals surface area (Å²) in [5.74, 6) is 0.965. The summed E-state index contributed by atoms with van der Waals surface area (Å²) < 4.78 is 34.3. The van der Waals surface area contributed by atoms with Crippen molar-refractivity contribution in [3.63, 3.8) is 0 Å². The fourth-order valence-corrected chi connectivity index (χ4v) is 5.15. The predicted molar refractivity (Wildman–Crippen MR) is 98.6 cm³/mol. The number of ether oxygens (including phenoxy) is 1. The fraction of sp³-hybridized carbons (Fsp3) is 0.400. The highest BCUT2D eigenvalue weighted by atomic mass is 32.2. The first-order valence-electron chi connectivity index (χ1n) is 8.95. The van der Waals surface area contributed by atoms with Gasteiger partial charge in [-0.1, -0.05) is 24.3 Å². The second-order valence-electron chi connectivity index (χ2n) is 7.27. The van der Waals surface area contributed by atoms with E-state index in [9.17, 15) is 13.5 Å². The third-order valence-electron chi connectivity index (χ3n) is 5.28. The van der Waals surface area contributed by atoms with Gasteiger partial charge in [-0.15, -0.1) is 0 Å². The molecule has 26 heavy (non-hydrogen) atoms. The Hall–Kier alpha value is -1.89. The Morgan fingerprint density at radius 2 is 2.00 bits per heavy atom. The van der Waals surface area contributed by atoms with Crippen molar-refractivity contribution < 1.29 is 18.3 Å². The highest BCUT2D eigenvalue weighted by Gasteiger charge is 2.37. The molecule has 2 aromatic carbocycles. The van der Waals surface area contributed by atoms with Crippen molar-refractivity contribution >= 4 is 10.0 Å². The molecular formula is C20H23NO4S. The molecule has 0 spiro atoms. The van der Waals surface area contributed by atoms with Crippen LogP contribution in [0.4, 0.5) is 0 Å². The quantitative estimate of drug-likeness (QED) is 0.845. The van der Waals surface area contributed by atoms with Crippen molar-refractivity contribution in [3.8, 4) is 5.75 Å². The zero-order chi connectivity index (χ0) is 18.3. The van der Waals surface area contributed by atoms with Crippen LogP contribution in [-0.4, -0.2) is 26.2 Å². The van der Waals surface area contributed by atoms with E-state index in [-0.39, 0.29) is 23.0 Å². The molecule has 1 heterocycles. The van der Waals surface area contributed by atoms with Gasteiger partial charge in [0, 0.05) is 12.5 Å². The summed E-state index contributed by atoms with van der Waals surface area (Å²) in [6.45, 7) is 2.54. The smallest absolute Gasteiger partial charge is 0.241 e. The normalized spacial score (nSPS) is 23.0. The van der Waals surface area contributed by atoms with Gasteiger partial charge >= 0.3 is 0 Å². The molecule has 2 aromatic rings. The molecule has 1 aliphatic heterocycles. The molecule has 0 saturated heterocycles. The number of nitrogens with one attached hydrogen (secondary N) is 1. The maximum absolute atomic E-state index is 12.9. The summed E-state index contributed by atoms with van der Waals surface area (Å²) in [5.41, 5.74) is 2.95. The minimum Gasteiger partial charge on any atom is -0.493 e. The van der Waals surface area contributed by atoms with Gasteiger partial charge in [0.25, 0.3) is 0 Å². The predicted octanol–water partition coefficient (Wildman–Crippen LogP) is 2.72. The monoisotopic (exact) mass is 373 g/mol. The molecule has 0 bridgehead atoms. The molecule has 0 amide bonds. The van der Waals surface area contributed by atoms with Gasteiger partial charge < -0.3 is 9.84 Å². The summed E-state index contributed by atoms with van der Waals surface area (Å²) in [5, 5.41) is 9.72. The highest BCUT2D eigenvalue weighted by Crippen LogP contribution is 2.40. The molecule has 5 nitrogen and oxygen atoms in total. The number of aliphatic hydroxyl groups excluding tert-OH is 1. The van der Waals surface area contributed by atoms with Gasteiger partial charge in [0.2, 0.25) is 10.0 Å². The van der Waals surface area contributed by atoms with E-state index in [4.69, 9.17) is 4.74 Å². The van der Waals surface area contributed by atoms with Crippen LogP contribution in [0.2, 0.25) is 0 Å². The Balaban J connectivity index is 1.66. The molecule has 4 rings (SSSR count). The van der Waals surface area contributed by atoms with E-state index in [0.29, 0.717) is 19.4 Å². The number of benzene rings is 2. The zero-order valence-electron chi connectivity index (χ0n) is 14.7. The van der Waals surface area contributed by atoms with Crippen LogP contribution in [0.3, 0.4) is 0 Å². The van der Waals surface area contributed by atoms with Gasteiger partial charge in [-0.3, -0.25) is 0 Å². The van der Waals surface area contributed by atoms with Crippen molar-refractivity contribution in [3.05, 3.63) is 59.2 Å². The molecule has 2 aliphatic rings. The van der Waals surface area contributed by atoms with E-state index >= 15 is 0 Å². The topological polar surface area (TPSA) is 75.6 Å². The van der Waals surface area contributed by atoms with Crippen molar-refractivity contribution in [1.29, 1.82) is 0 Å². The number of hydrogen-bond acceptors (Lipinski definition) is 4. The number of rotatable bonds is 5. The van der Waals surface area contributed by atoms with E-state index in [1.54, 1.807) is 18.2 Å². The second-order valence-corrected chi connectivity index (χ2v) is 8.98. The average Bonchev–Trinajstić information content (AvgIpc) is 3.05. The highest BCUT2D eigenvalue weighted by molar-refractivity contribution is 7.89. The maximum Gasteiger partial charge on any atom is 0.241 e. The van der Waals surface area contributed by atoms with E-state index in [1.807, 2.05) is 31.2 Å². The van der Waals surface area contributed by atoms with E-state index in [0.717, 1.165) is 28.9 Å². The van der Waals surface area contributed by atoms with Gasteiger partial charge in [0.1, 0.15) is 5.75 Å². The molecule has 2 N–H and O–H groups in total. The molecule has 0 aromatic heterocycles. The van der Waals surface area contributed by atoms with Crippen LogP contribution >= 0.6 is 0 Å². The first-order valence-corrected chi connectivity index (χ1v) is 10.4. The second kappa shape index (κ2) is 6.68. The molecule has 1 fully saturated rings. The average molecular weight is 373 g/mol. The largest absolute Gasteiger partial charge is 0.493 e. The van der Waals surface area contributed by atoms with Crippen LogP contribution in [0.25, 0.3) is 0 Å². The summed E-state index contributed by atoms with van der Waals surface area (Å²) in [6, 6.07) is 12.4. The number of aryl methyl sites for hydroxylation is 1. The molecule has 138 valence electrons. The Labute approximate surface area is 154 Å². The first-order chi connectivity index (χ1) is 12.4. The van der Waals surface area contributed by atoms with E-state index < -0.39 is 10.0 Å². The summed E-state index contributed by atoms with van der Waals surface area (Å²) >= 11 is 0. The van der Waals surface area contributed by atoms with Crippen LogP contribution in [0.15, 0.2) is 47.4 Å². The van der Waals surface area contributed by atoms with Crippen LogP contribution in [-0.2, 0) is 16.4 Å². The maximum atomic E-state index is 12.9. The van der Waals surface area contributed by atoms with E-state index in [2.05, 4.69) is 4.72 Å². The molecule has 6 heteroatoms. The summed E-state index contributed by atoms with van der Waals surface area (Å²) in [4.78, 5) is 0.270. The van der Waals surface area contributed by atoms with Gasteiger partial charge in [0.15, 0.2) is 0 Å². The SMILES string of the molecule is Cc1cccc(S(=O)(=O)N[C@@H](c2ccc3c(c2)CCO3)C2CC(O)C2)c1. The number of hydrogen-bond donors (Lipinski definition) is 2. The Morgan fingerprint density at radius 1 is 1.19 bits per heavy atom. The zero-order valence-corrected chi connectivity index (χ0v) is 15.5. The first kappa shape index (κ1) is 17.5. The third kappa shape index (κ3) is 3.37. The van der Waals surface area contributed by atoms with Crippen LogP contribution < -0.4 is 9.46 Å². The van der Waals surface area contributed by atoms with Gasteiger partial charge in [-0.05, 0) is 60.6 Å². The minimum atomic E-state index is -3.65. The molecule has 1 aliphatic carbocycles. The molecule has 1 atom stereocenters. The Morgan fingerprint density at radius 3 is 2.73 bits per heavy atom. The van der Waals surface area contributed by atoms with Crippen molar-refractivity contribution in [1.82, 2.24) is 4.72 Å². The Kier molecular flexibility index (Phi) is 4.50. The lowest BCUT2D eigenvalue weighted by atomic mass is 9.75. The molecule has 0 unspecified atom stereocenters. The summed E-state index contributed by atoms with van der Waals surface area (Å²) in [7, 11) is -3.65. The lowest BCUT2D eigenvalue weighted by molar-refractivity contribution is 0.0280. The Bertz CT molecular complexity index is 919. The number of fused-ring (bicyclic) bond motifs is 1. The van der Waals surface area contributed by atoms with Crippen LogP contribution in [0.5, 0.6) is 5.75 Å². The molecule has 1 saturated carbocycles. The van der Waals surface area contributed by atoms with Gasteiger partial charge in [0.05, 0.1) is 17.6 Å². The summed E-state index contributed by atoms with van der Waals surface area (Å²) in [6.07, 6.45) is 1.71.